The summed E-state index contributed by atoms with van der Waals surface area (Å²) in [5.41, 5.74) is -2.52. The summed E-state index contributed by atoms with van der Waals surface area (Å²) < 4.78 is 5.75. The van der Waals surface area contributed by atoms with E-state index in [-0.39, 0.29) is 18.3 Å². The highest BCUT2D eigenvalue weighted by molar-refractivity contribution is 7.10. The average Bonchev–Trinajstić information content (AvgIpc) is 3.20. The first-order valence-electron chi connectivity index (χ1n) is 10.1. The molecule has 4 nitrogen and oxygen atoms in total. The number of aliphatic hydroxyl groups is 1. The Kier molecular flexibility index (Phi) is 10.00. The molecule has 1 heterocycles. The van der Waals surface area contributed by atoms with Crippen LogP contribution < -0.4 is 0 Å². The fourth-order valence-corrected chi connectivity index (χ4v) is 4.52. The van der Waals surface area contributed by atoms with Crippen LogP contribution in [0.3, 0.4) is 0 Å². The van der Waals surface area contributed by atoms with E-state index >= 15 is 0 Å². The smallest absolute Gasteiger partial charge is 0.345 e. The number of ether oxygens (including phenoxy) is 1. The summed E-state index contributed by atoms with van der Waals surface area (Å²) in [4.78, 5) is 16.0. The van der Waals surface area contributed by atoms with E-state index in [1.807, 2.05) is 17.5 Å². The summed E-state index contributed by atoms with van der Waals surface area (Å²) in [6.07, 6.45) is 4.93. The van der Waals surface area contributed by atoms with Gasteiger partial charge in [0, 0.05) is 10.8 Å². The summed E-state index contributed by atoms with van der Waals surface area (Å²) in [5, 5.41) is 13.4. The normalized spacial score (nSPS) is 17.2. The SMILES string of the molecule is CCN(CC)CC#CC(C)(C)OC(=O)C(O)(c1cccs1)C1CCCCC1.Cl. The molecule has 0 spiro atoms. The van der Waals surface area contributed by atoms with Gasteiger partial charge >= 0.3 is 5.97 Å². The monoisotopic (exact) mass is 427 g/mol. The van der Waals surface area contributed by atoms with E-state index < -0.39 is 17.2 Å². The number of nitrogens with zero attached hydrogens (tertiary/aromatic N) is 1. The number of rotatable bonds is 7. The molecule has 0 aliphatic heterocycles. The third-order valence-electron chi connectivity index (χ3n) is 5.34. The number of esters is 1. The van der Waals surface area contributed by atoms with Crippen LogP contribution in [-0.2, 0) is 15.1 Å². The van der Waals surface area contributed by atoms with Gasteiger partial charge in [0.2, 0.25) is 0 Å². The molecule has 1 fully saturated rings. The molecule has 0 bridgehead atoms. The maximum absolute atomic E-state index is 13.1. The minimum absolute atomic E-state index is 0. The lowest BCUT2D eigenvalue weighted by atomic mass is 9.76. The lowest BCUT2D eigenvalue weighted by molar-refractivity contribution is -0.183. The summed E-state index contributed by atoms with van der Waals surface area (Å²) in [7, 11) is 0. The Morgan fingerprint density at radius 1 is 1.29 bits per heavy atom. The summed E-state index contributed by atoms with van der Waals surface area (Å²) in [6.45, 7) is 10.3. The van der Waals surface area contributed by atoms with Gasteiger partial charge in [-0.25, -0.2) is 4.79 Å². The van der Waals surface area contributed by atoms with Crippen molar-refractivity contribution in [2.45, 2.75) is 71.0 Å². The van der Waals surface area contributed by atoms with E-state index in [2.05, 4.69) is 30.6 Å². The van der Waals surface area contributed by atoms with Crippen LogP contribution in [0.5, 0.6) is 0 Å². The minimum atomic E-state index is -1.58. The Balaban J connectivity index is 0.00000392. The molecule has 158 valence electrons. The van der Waals surface area contributed by atoms with Gasteiger partial charge in [0.25, 0.3) is 0 Å². The first kappa shape index (κ1) is 25.0. The van der Waals surface area contributed by atoms with Gasteiger partial charge < -0.3 is 9.84 Å². The minimum Gasteiger partial charge on any atom is -0.444 e. The molecule has 0 aromatic carbocycles. The van der Waals surface area contributed by atoms with E-state index in [1.165, 1.54) is 11.3 Å². The maximum Gasteiger partial charge on any atom is 0.345 e. The van der Waals surface area contributed by atoms with E-state index in [0.29, 0.717) is 11.4 Å². The van der Waals surface area contributed by atoms with E-state index in [1.54, 1.807) is 13.8 Å². The highest BCUT2D eigenvalue weighted by Crippen LogP contribution is 2.42. The second kappa shape index (κ2) is 11.2. The summed E-state index contributed by atoms with van der Waals surface area (Å²) >= 11 is 1.41. The Hall–Kier alpha value is -1.06. The predicted octanol–water partition coefficient (Wildman–Crippen LogP) is 4.60. The lowest BCUT2D eigenvalue weighted by Gasteiger charge is -2.37. The number of carbonyl (C=O) groups is 1. The zero-order chi connectivity index (χ0) is 19.9. The first-order valence-corrected chi connectivity index (χ1v) is 10.9. The zero-order valence-electron chi connectivity index (χ0n) is 17.5. The molecule has 2 rings (SSSR count). The van der Waals surface area contributed by atoms with Crippen molar-refractivity contribution < 1.29 is 14.6 Å². The summed E-state index contributed by atoms with van der Waals surface area (Å²) in [5.74, 6) is 5.51. The van der Waals surface area contributed by atoms with Gasteiger partial charge in [-0.05, 0) is 51.2 Å². The molecule has 1 aromatic rings. The lowest BCUT2D eigenvalue weighted by Crippen LogP contribution is -2.47. The van der Waals surface area contributed by atoms with E-state index in [4.69, 9.17) is 4.74 Å². The predicted molar refractivity (Wildman–Crippen MR) is 118 cm³/mol. The third-order valence-corrected chi connectivity index (χ3v) is 6.33. The number of halogens is 1. The Morgan fingerprint density at radius 3 is 2.46 bits per heavy atom. The van der Waals surface area contributed by atoms with Crippen molar-refractivity contribution in [3.63, 3.8) is 0 Å². The van der Waals surface area contributed by atoms with E-state index in [9.17, 15) is 9.90 Å². The van der Waals surface area contributed by atoms with Crippen LogP contribution in [0.25, 0.3) is 0 Å². The Morgan fingerprint density at radius 2 is 1.93 bits per heavy atom. The van der Waals surface area contributed by atoms with Crippen molar-refractivity contribution in [1.82, 2.24) is 4.90 Å². The molecule has 28 heavy (non-hydrogen) atoms. The van der Waals surface area contributed by atoms with Crippen molar-refractivity contribution in [1.29, 1.82) is 0 Å². The van der Waals surface area contributed by atoms with Crippen molar-refractivity contribution >= 4 is 29.7 Å². The Labute approximate surface area is 180 Å². The molecule has 0 radical (unpaired) electrons. The van der Waals surface area contributed by atoms with Crippen LogP contribution in [0.1, 0.15) is 64.7 Å². The number of hydrogen-bond acceptors (Lipinski definition) is 5. The summed E-state index contributed by atoms with van der Waals surface area (Å²) in [6, 6.07) is 3.70. The molecule has 1 N–H and O–H groups in total. The van der Waals surface area contributed by atoms with E-state index in [0.717, 1.165) is 45.2 Å². The molecule has 1 aromatic heterocycles. The van der Waals surface area contributed by atoms with Gasteiger partial charge in [-0.3, -0.25) is 4.90 Å². The first-order chi connectivity index (χ1) is 12.8. The van der Waals surface area contributed by atoms with Gasteiger partial charge in [0.15, 0.2) is 11.2 Å². The molecule has 1 unspecified atom stereocenters. The van der Waals surface area contributed by atoms with Gasteiger partial charge in [-0.1, -0.05) is 51.0 Å². The van der Waals surface area contributed by atoms with Gasteiger partial charge in [-0.15, -0.1) is 23.7 Å². The van der Waals surface area contributed by atoms with Crippen LogP contribution in [0.2, 0.25) is 0 Å². The van der Waals surface area contributed by atoms with Crippen molar-refractivity contribution in [3.05, 3.63) is 22.4 Å². The van der Waals surface area contributed by atoms with Gasteiger partial charge in [0.1, 0.15) is 0 Å². The highest BCUT2D eigenvalue weighted by Gasteiger charge is 2.49. The average molecular weight is 428 g/mol. The van der Waals surface area contributed by atoms with Crippen molar-refractivity contribution in [2.75, 3.05) is 19.6 Å². The molecular weight excluding hydrogens is 394 g/mol. The molecule has 6 heteroatoms. The van der Waals surface area contributed by atoms with Crippen LogP contribution in [0, 0.1) is 17.8 Å². The van der Waals surface area contributed by atoms with Crippen LogP contribution >= 0.6 is 23.7 Å². The molecule has 1 saturated carbocycles. The van der Waals surface area contributed by atoms with Gasteiger partial charge in [0.05, 0.1) is 6.54 Å². The quantitative estimate of drug-likeness (QED) is 0.510. The maximum atomic E-state index is 13.1. The standard InChI is InChI=1S/C22H33NO3S.ClH/c1-5-23(6-2)16-11-15-21(3,4)26-20(24)22(25,19-14-10-17-27-19)18-12-8-7-9-13-18;/h10,14,17-18,25H,5-9,12-13,16H2,1-4H3;1H. The largest absolute Gasteiger partial charge is 0.444 e. The third kappa shape index (κ3) is 6.22. The van der Waals surface area contributed by atoms with Gasteiger partial charge in [-0.2, -0.15) is 0 Å². The molecule has 1 aliphatic rings. The van der Waals surface area contributed by atoms with Crippen LogP contribution in [-0.4, -0.2) is 41.2 Å². The number of hydrogen-bond donors (Lipinski definition) is 1. The second-order valence-electron chi connectivity index (χ2n) is 7.74. The fraction of sp³-hybridized carbons (Fsp3) is 0.682. The molecule has 0 amide bonds. The van der Waals surface area contributed by atoms with Crippen LogP contribution in [0.4, 0.5) is 0 Å². The number of carbonyl (C=O) groups excluding carboxylic acids is 1. The molecule has 0 saturated heterocycles. The second-order valence-corrected chi connectivity index (χ2v) is 8.69. The number of thiophene rings is 1. The molecule has 1 atom stereocenters. The highest BCUT2D eigenvalue weighted by atomic mass is 35.5. The van der Waals surface area contributed by atoms with Crippen molar-refractivity contribution in [2.24, 2.45) is 5.92 Å². The fourth-order valence-electron chi connectivity index (χ4n) is 3.63. The zero-order valence-corrected chi connectivity index (χ0v) is 19.1. The molecule has 1 aliphatic carbocycles. The topological polar surface area (TPSA) is 49.8 Å². The van der Waals surface area contributed by atoms with Crippen LogP contribution in [0.15, 0.2) is 17.5 Å². The molecular formula is C22H34ClNO3S. The Bertz CT molecular complexity index is 655. The van der Waals surface area contributed by atoms with Crippen molar-refractivity contribution in [3.8, 4) is 11.8 Å².